The summed E-state index contributed by atoms with van der Waals surface area (Å²) in [6.07, 6.45) is 1.52. The summed E-state index contributed by atoms with van der Waals surface area (Å²) >= 11 is 0. The van der Waals surface area contributed by atoms with Crippen molar-refractivity contribution in [1.82, 2.24) is 0 Å². The maximum Gasteiger partial charge on any atom is 0.255 e. The predicted octanol–water partition coefficient (Wildman–Crippen LogP) is 4.97. The summed E-state index contributed by atoms with van der Waals surface area (Å²) in [6.45, 7) is 3.94. The molecule has 2 N–H and O–H groups in total. The van der Waals surface area contributed by atoms with E-state index in [1.165, 1.54) is 6.08 Å². The molecule has 6 heteroatoms. The molecule has 0 fully saturated rings. The molecule has 0 aliphatic rings. The lowest BCUT2D eigenvalue weighted by molar-refractivity contribution is 0.102. The molecule has 148 valence electrons. The number of sulfonamides is 1. The summed E-state index contributed by atoms with van der Waals surface area (Å²) in [5.41, 5.74) is 4.46. The first-order valence-corrected chi connectivity index (χ1v) is 10.6. The fraction of sp³-hybridized carbons (Fsp3) is 0.0870. The van der Waals surface area contributed by atoms with E-state index in [4.69, 9.17) is 0 Å². The van der Waals surface area contributed by atoms with Crippen LogP contribution in [0.1, 0.15) is 27.0 Å². The van der Waals surface area contributed by atoms with Crippen LogP contribution >= 0.6 is 0 Å². The molecule has 0 aliphatic carbocycles. The smallest absolute Gasteiger partial charge is 0.255 e. The lowest BCUT2D eigenvalue weighted by Crippen LogP contribution is -2.13. The van der Waals surface area contributed by atoms with Crippen molar-refractivity contribution in [2.24, 2.45) is 0 Å². The topological polar surface area (TPSA) is 75.3 Å². The van der Waals surface area contributed by atoms with Gasteiger partial charge in [-0.05, 0) is 73.0 Å². The van der Waals surface area contributed by atoms with Gasteiger partial charge in [-0.25, -0.2) is 8.42 Å². The lowest BCUT2D eigenvalue weighted by Gasteiger charge is -2.09. The zero-order valence-electron chi connectivity index (χ0n) is 16.2. The van der Waals surface area contributed by atoms with Gasteiger partial charge < -0.3 is 5.32 Å². The van der Waals surface area contributed by atoms with Gasteiger partial charge in [0.1, 0.15) is 0 Å². The van der Waals surface area contributed by atoms with Crippen LogP contribution in [0.25, 0.3) is 6.08 Å². The van der Waals surface area contributed by atoms with E-state index >= 15 is 0 Å². The van der Waals surface area contributed by atoms with Crippen molar-refractivity contribution in [3.63, 3.8) is 0 Å². The van der Waals surface area contributed by atoms with Gasteiger partial charge in [-0.2, -0.15) is 0 Å². The number of carbonyl (C=O) groups excluding carboxylic acids is 1. The molecule has 0 atom stereocenters. The largest absolute Gasteiger partial charge is 0.322 e. The summed E-state index contributed by atoms with van der Waals surface area (Å²) < 4.78 is 26.9. The van der Waals surface area contributed by atoms with Gasteiger partial charge in [-0.3, -0.25) is 9.52 Å². The van der Waals surface area contributed by atoms with Crippen molar-refractivity contribution in [2.45, 2.75) is 13.8 Å². The van der Waals surface area contributed by atoms with E-state index in [9.17, 15) is 13.2 Å². The van der Waals surface area contributed by atoms with Crippen molar-refractivity contribution in [1.29, 1.82) is 0 Å². The average Bonchev–Trinajstić information content (AvgIpc) is 2.67. The molecule has 29 heavy (non-hydrogen) atoms. The first-order valence-electron chi connectivity index (χ1n) is 9.06. The number of benzene rings is 3. The fourth-order valence-electron chi connectivity index (χ4n) is 2.87. The van der Waals surface area contributed by atoms with Crippen molar-refractivity contribution in [2.75, 3.05) is 10.0 Å². The van der Waals surface area contributed by atoms with E-state index in [1.54, 1.807) is 24.3 Å². The number of hydrogen-bond acceptors (Lipinski definition) is 3. The highest BCUT2D eigenvalue weighted by Crippen LogP contribution is 2.17. The third-order valence-electron chi connectivity index (χ3n) is 4.13. The molecule has 3 aromatic carbocycles. The Kier molecular flexibility index (Phi) is 6.14. The summed E-state index contributed by atoms with van der Waals surface area (Å²) in [5, 5.41) is 3.97. The van der Waals surface area contributed by atoms with Crippen molar-refractivity contribution < 1.29 is 13.2 Å². The maximum absolute atomic E-state index is 12.4. The van der Waals surface area contributed by atoms with Crippen LogP contribution in [0.15, 0.2) is 78.2 Å². The van der Waals surface area contributed by atoms with E-state index < -0.39 is 10.0 Å². The highest BCUT2D eigenvalue weighted by molar-refractivity contribution is 7.95. The molecular formula is C23H22N2O3S. The van der Waals surface area contributed by atoms with Crippen LogP contribution in [0.2, 0.25) is 0 Å². The average molecular weight is 407 g/mol. The Labute approximate surface area is 171 Å². The molecule has 0 saturated heterocycles. The van der Waals surface area contributed by atoms with Gasteiger partial charge in [-0.1, -0.05) is 36.4 Å². The summed E-state index contributed by atoms with van der Waals surface area (Å²) in [7, 11) is -3.66. The lowest BCUT2D eigenvalue weighted by atomic mass is 10.1. The Hall–Kier alpha value is -3.38. The number of amides is 1. The van der Waals surface area contributed by atoms with Crippen LogP contribution in [0.5, 0.6) is 0 Å². The van der Waals surface area contributed by atoms with E-state index in [1.807, 2.05) is 62.4 Å². The molecule has 1 amide bonds. The molecule has 0 spiro atoms. The van der Waals surface area contributed by atoms with Crippen LogP contribution < -0.4 is 10.0 Å². The van der Waals surface area contributed by atoms with E-state index in [2.05, 4.69) is 10.0 Å². The predicted molar refractivity (Wildman–Crippen MR) is 118 cm³/mol. The Morgan fingerprint density at radius 2 is 1.45 bits per heavy atom. The van der Waals surface area contributed by atoms with E-state index in [0.717, 1.165) is 27.8 Å². The van der Waals surface area contributed by atoms with Crippen LogP contribution in [0.3, 0.4) is 0 Å². The Morgan fingerprint density at radius 3 is 2.07 bits per heavy atom. The second kappa shape index (κ2) is 8.75. The summed E-state index contributed by atoms with van der Waals surface area (Å²) in [5.74, 6) is -0.256. The van der Waals surface area contributed by atoms with Gasteiger partial charge in [0.2, 0.25) is 0 Å². The van der Waals surface area contributed by atoms with Crippen LogP contribution in [-0.4, -0.2) is 14.3 Å². The van der Waals surface area contributed by atoms with Crippen molar-refractivity contribution >= 4 is 33.4 Å². The van der Waals surface area contributed by atoms with Gasteiger partial charge in [0.25, 0.3) is 15.9 Å². The monoisotopic (exact) mass is 406 g/mol. The summed E-state index contributed by atoms with van der Waals surface area (Å²) in [4.78, 5) is 12.4. The first-order chi connectivity index (χ1) is 13.8. The van der Waals surface area contributed by atoms with Crippen molar-refractivity contribution in [3.05, 3.63) is 100 Å². The van der Waals surface area contributed by atoms with Crippen LogP contribution in [0, 0.1) is 13.8 Å². The number of nitrogens with one attached hydrogen (secondary N) is 2. The van der Waals surface area contributed by atoms with Crippen LogP contribution in [0.4, 0.5) is 11.4 Å². The molecule has 0 saturated carbocycles. The third-order valence-corrected chi connectivity index (χ3v) is 5.14. The fourth-order valence-corrected chi connectivity index (χ4v) is 3.74. The van der Waals surface area contributed by atoms with Gasteiger partial charge >= 0.3 is 0 Å². The van der Waals surface area contributed by atoms with Gasteiger partial charge in [0.05, 0.1) is 5.41 Å². The molecular weight excluding hydrogens is 384 g/mol. The van der Waals surface area contributed by atoms with Crippen LogP contribution in [-0.2, 0) is 10.0 Å². The highest BCUT2D eigenvalue weighted by atomic mass is 32.2. The third kappa shape index (κ3) is 6.05. The highest BCUT2D eigenvalue weighted by Gasteiger charge is 2.09. The molecule has 0 aliphatic heterocycles. The van der Waals surface area contributed by atoms with E-state index in [0.29, 0.717) is 11.3 Å². The minimum atomic E-state index is -3.66. The minimum Gasteiger partial charge on any atom is -0.322 e. The number of carbonyl (C=O) groups is 1. The zero-order valence-corrected chi connectivity index (χ0v) is 17.0. The minimum absolute atomic E-state index is 0.256. The Balaban J connectivity index is 1.66. The zero-order chi connectivity index (χ0) is 20.9. The molecule has 3 rings (SSSR count). The Bertz CT molecular complexity index is 1120. The number of aryl methyl sites for hydroxylation is 2. The Morgan fingerprint density at radius 1 is 0.828 bits per heavy atom. The summed E-state index contributed by atoms with van der Waals surface area (Å²) in [6, 6.07) is 21.3. The SMILES string of the molecule is Cc1cc(C)cc(NC(=O)c2ccc(NS(=O)(=O)/C=C/c3ccccc3)cc2)c1. The molecule has 0 aromatic heterocycles. The van der Waals surface area contributed by atoms with Gasteiger partial charge in [0, 0.05) is 16.9 Å². The van der Waals surface area contributed by atoms with Gasteiger partial charge in [0.15, 0.2) is 0 Å². The maximum atomic E-state index is 12.4. The normalized spacial score (nSPS) is 11.4. The van der Waals surface area contributed by atoms with Gasteiger partial charge in [-0.15, -0.1) is 0 Å². The number of hydrogen-bond donors (Lipinski definition) is 2. The molecule has 5 nitrogen and oxygen atoms in total. The molecule has 0 heterocycles. The number of anilines is 2. The molecule has 0 bridgehead atoms. The molecule has 0 unspecified atom stereocenters. The molecule has 3 aromatic rings. The van der Waals surface area contributed by atoms with E-state index in [-0.39, 0.29) is 5.91 Å². The second-order valence-electron chi connectivity index (χ2n) is 6.77. The number of rotatable bonds is 6. The quantitative estimate of drug-likeness (QED) is 0.607. The van der Waals surface area contributed by atoms with Crippen molar-refractivity contribution in [3.8, 4) is 0 Å². The standard InChI is InChI=1S/C23H22N2O3S/c1-17-14-18(2)16-22(15-17)24-23(26)20-8-10-21(11-9-20)25-29(27,28)13-12-19-6-4-3-5-7-19/h3-16,25H,1-2H3,(H,24,26)/b13-12+. The first kappa shape index (κ1) is 20.4. The second-order valence-corrected chi connectivity index (χ2v) is 8.33. The molecule has 0 radical (unpaired) electrons.